The Morgan fingerprint density at radius 2 is 1.94 bits per heavy atom. The molecular weight excluding hydrogens is 246 g/mol. The third kappa shape index (κ3) is 4.23. The zero-order chi connectivity index (χ0) is 13.8. The van der Waals surface area contributed by atoms with Crippen molar-refractivity contribution in [1.29, 1.82) is 0 Å². The van der Waals surface area contributed by atoms with Gasteiger partial charge in [0.2, 0.25) is 0 Å². The molecule has 4 heteroatoms. The van der Waals surface area contributed by atoms with E-state index in [9.17, 15) is 8.42 Å². The minimum atomic E-state index is -2.87. The van der Waals surface area contributed by atoms with Crippen molar-refractivity contribution in [2.24, 2.45) is 11.8 Å². The van der Waals surface area contributed by atoms with Gasteiger partial charge < -0.3 is 5.32 Å². The SMILES string of the molecule is CCNC(C(C)CC)C1CCCC(S(C)(=O)=O)C1. The van der Waals surface area contributed by atoms with Crippen LogP contribution in [0.5, 0.6) is 0 Å². The van der Waals surface area contributed by atoms with Crippen LogP contribution in [0.2, 0.25) is 0 Å². The molecule has 0 aliphatic heterocycles. The standard InChI is InChI=1S/C14H29NO2S/c1-5-11(3)14(15-6-2)12-8-7-9-13(10-12)18(4,16)17/h11-15H,5-10H2,1-4H3. The third-order valence-electron chi connectivity index (χ3n) is 4.48. The van der Waals surface area contributed by atoms with E-state index in [2.05, 4.69) is 26.1 Å². The van der Waals surface area contributed by atoms with Gasteiger partial charge >= 0.3 is 0 Å². The van der Waals surface area contributed by atoms with Gasteiger partial charge in [0.25, 0.3) is 0 Å². The lowest BCUT2D eigenvalue weighted by atomic mass is 9.78. The molecule has 0 spiro atoms. The quantitative estimate of drug-likeness (QED) is 0.810. The second-order valence-corrected chi connectivity index (χ2v) is 8.17. The van der Waals surface area contributed by atoms with Crippen LogP contribution in [0.3, 0.4) is 0 Å². The second-order valence-electron chi connectivity index (χ2n) is 5.85. The Morgan fingerprint density at radius 1 is 1.28 bits per heavy atom. The molecule has 0 radical (unpaired) electrons. The number of nitrogens with one attached hydrogen (secondary N) is 1. The minimum absolute atomic E-state index is 0.110. The molecule has 1 aliphatic rings. The number of rotatable bonds is 6. The summed E-state index contributed by atoms with van der Waals surface area (Å²) in [6, 6.07) is 0.476. The fourth-order valence-corrected chi connectivity index (χ4v) is 4.41. The lowest BCUT2D eigenvalue weighted by Crippen LogP contribution is -2.44. The van der Waals surface area contributed by atoms with Crippen LogP contribution in [0, 0.1) is 11.8 Å². The molecule has 18 heavy (non-hydrogen) atoms. The molecular formula is C14H29NO2S. The van der Waals surface area contributed by atoms with E-state index in [-0.39, 0.29) is 5.25 Å². The van der Waals surface area contributed by atoms with Crippen LogP contribution in [-0.2, 0) is 9.84 Å². The highest BCUT2D eigenvalue weighted by Crippen LogP contribution is 2.33. The molecule has 0 aromatic carbocycles. The van der Waals surface area contributed by atoms with E-state index >= 15 is 0 Å². The summed E-state index contributed by atoms with van der Waals surface area (Å²) < 4.78 is 23.5. The fraction of sp³-hybridized carbons (Fsp3) is 1.00. The number of hydrogen-bond acceptors (Lipinski definition) is 3. The van der Waals surface area contributed by atoms with E-state index in [1.165, 1.54) is 12.7 Å². The van der Waals surface area contributed by atoms with Crippen molar-refractivity contribution in [1.82, 2.24) is 5.32 Å². The minimum Gasteiger partial charge on any atom is -0.314 e. The van der Waals surface area contributed by atoms with Gasteiger partial charge in [0, 0.05) is 12.3 Å². The molecule has 0 aromatic heterocycles. The van der Waals surface area contributed by atoms with E-state index in [0.29, 0.717) is 17.9 Å². The Bertz CT molecular complexity index is 340. The van der Waals surface area contributed by atoms with Gasteiger partial charge in [-0.3, -0.25) is 0 Å². The third-order valence-corrected chi connectivity index (χ3v) is 6.12. The number of hydrogen-bond donors (Lipinski definition) is 1. The predicted molar refractivity (Wildman–Crippen MR) is 77.5 cm³/mol. The van der Waals surface area contributed by atoms with Crippen molar-refractivity contribution in [3.63, 3.8) is 0 Å². The lowest BCUT2D eigenvalue weighted by molar-refractivity contribution is 0.215. The van der Waals surface area contributed by atoms with Crippen molar-refractivity contribution in [2.75, 3.05) is 12.8 Å². The molecule has 1 saturated carbocycles. The maximum atomic E-state index is 11.7. The average Bonchev–Trinajstić information content (AvgIpc) is 2.34. The predicted octanol–water partition coefficient (Wildman–Crippen LogP) is 2.61. The first-order valence-electron chi connectivity index (χ1n) is 7.32. The molecule has 1 fully saturated rings. The van der Waals surface area contributed by atoms with Gasteiger partial charge in [-0.25, -0.2) is 8.42 Å². The maximum Gasteiger partial charge on any atom is 0.150 e. The fourth-order valence-electron chi connectivity index (χ4n) is 3.22. The first kappa shape index (κ1) is 16.0. The normalized spacial score (nSPS) is 28.9. The molecule has 0 saturated heterocycles. The molecule has 108 valence electrons. The zero-order valence-corrected chi connectivity index (χ0v) is 13.1. The summed E-state index contributed by atoms with van der Waals surface area (Å²) >= 11 is 0. The molecule has 0 bridgehead atoms. The van der Waals surface area contributed by atoms with Crippen molar-refractivity contribution in [3.8, 4) is 0 Å². The van der Waals surface area contributed by atoms with Gasteiger partial charge in [-0.2, -0.15) is 0 Å². The Morgan fingerprint density at radius 3 is 2.44 bits per heavy atom. The Labute approximate surface area is 113 Å². The lowest BCUT2D eigenvalue weighted by Gasteiger charge is -2.37. The van der Waals surface area contributed by atoms with Gasteiger partial charge in [0.1, 0.15) is 9.84 Å². The molecule has 3 nitrogen and oxygen atoms in total. The zero-order valence-electron chi connectivity index (χ0n) is 12.3. The first-order chi connectivity index (χ1) is 8.40. The van der Waals surface area contributed by atoms with Gasteiger partial charge in [-0.05, 0) is 37.6 Å². The second kappa shape index (κ2) is 6.90. The summed E-state index contributed by atoms with van der Waals surface area (Å²) in [6.07, 6.45) is 6.48. The Balaban J connectivity index is 2.73. The molecule has 0 heterocycles. The molecule has 0 aromatic rings. The van der Waals surface area contributed by atoms with Crippen LogP contribution in [0.25, 0.3) is 0 Å². The average molecular weight is 275 g/mol. The van der Waals surface area contributed by atoms with Gasteiger partial charge in [-0.1, -0.05) is 33.6 Å². The van der Waals surface area contributed by atoms with Crippen LogP contribution >= 0.6 is 0 Å². The van der Waals surface area contributed by atoms with E-state index < -0.39 is 9.84 Å². The van der Waals surface area contributed by atoms with E-state index in [1.807, 2.05) is 0 Å². The highest BCUT2D eigenvalue weighted by molar-refractivity contribution is 7.91. The largest absolute Gasteiger partial charge is 0.314 e. The highest BCUT2D eigenvalue weighted by atomic mass is 32.2. The Hall–Kier alpha value is -0.0900. The molecule has 1 aliphatic carbocycles. The van der Waals surface area contributed by atoms with Crippen LogP contribution in [0.4, 0.5) is 0 Å². The smallest absolute Gasteiger partial charge is 0.150 e. The van der Waals surface area contributed by atoms with Crippen molar-refractivity contribution in [3.05, 3.63) is 0 Å². The molecule has 4 atom stereocenters. The summed E-state index contributed by atoms with van der Waals surface area (Å²) in [6.45, 7) is 7.59. The summed E-state index contributed by atoms with van der Waals surface area (Å²) in [5, 5.41) is 3.47. The summed E-state index contributed by atoms with van der Waals surface area (Å²) in [4.78, 5) is 0. The van der Waals surface area contributed by atoms with Gasteiger partial charge in [0.15, 0.2) is 0 Å². The summed E-state index contributed by atoms with van der Waals surface area (Å²) in [5.74, 6) is 1.14. The van der Waals surface area contributed by atoms with E-state index in [0.717, 1.165) is 32.2 Å². The monoisotopic (exact) mass is 275 g/mol. The molecule has 1 N–H and O–H groups in total. The van der Waals surface area contributed by atoms with Crippen molar-refractivity contribution >= 4 is 9.84 Å². The summed E-state index contributed by atoms with van der Waals surface area (Å²) in [7, 11) is -2.87. The maximum absolute atomic E-state index is 11.7. The summed E-state index contributed by atoms with van der Waals surface area (Å²) in [5.41, 5.74) is 0. The first-order valence-corrected chi connectivity index (χ1v) is 9.27. The topological polar surface area (TPSA) is 46.2 Å². The van der Waals surface area contributed by atoms with Crippen molar-refractivity contribution in [2.45, 2.75) is 64.2 Å². The molecule has 0 amide bonds. The van der Waals surface area contributed by atoms with Crippen LogP contribution < -0.4 is 5.32 Å². The Kier molecular flexibility index (Phi) is 6.12. The van der Waals surface area contributed by atoms with E-state index in [1.54, 1.807) is 0 Å². The van der Waals surface area contributed by atoms with Crippen LogP contribution in [-0.4, -0.2) is 32.5 Å². The van der Waals surface area contributed by atoms with Crippen LogP contribution in [0.15, 0.2) is 0 Å². The van der Waals surface area contributed by atoms with Crippen LogP contribution in [0.1, 0.15) is 52.9 Å². The van der Waals surface area contributed by atoms with Gasteiger partial charge in [0.05, 0.1) is 5.25 Å². The van der Waals surface area contributed by atoms with E-state index in [4.69, 9.17) is 0 Å². The van der Waals surface area contributed by atoms with Crippen molar-refractivity contribution < 1.29 is 8.42 Å². The molecule has 4 unspecified atom stereocenters. The molecule has 1 rings (SSSR count). The number of sulfone groups is 1. The van der Waals surface area contributed by atoms with Gasteiger partial charge in [-0.15, -0.1) is 0 Å². The highest BCUT2D eigenvalue weighted by Gasteiger charge is 2.34.